The van der Waals surface area contributed by atoms with Gasteiger partial charge in [0.05, 0.1) is 21.9 Å². The van der Waals surface area contributed by atoms with Crippen LogP contribution in [-0.2, 0) is 29.6 Å². The summed E-state index contributed by atoms with van der Waals surface area (Å²) in [6, 6.07) is 9.94. The summed E-state index contributed by atoms with van der Waals surface area (Å²) in [6.07, 6.45) is 3.64. The van der Waals surface area contributed by atoms with Crippen LogP contribution in [0, 0.1) is 6.92 Å². The van der Waals surface area contributed by atoms with Crippen molar-refractivity contribution in [3.8, 4) is 0 Å². The van der Waals surface area contributed by atoms with Crippen LogP contribution in [0.3, 0.4) is 0 Å². The van der Waals surface area contributed by atoms with Crippen molar-refractivity contribution in [1.29, 1.82) is 0 Å². The fourth-order valence-corrected chi connectivity index (χ4v) is 7.00. The topological polar surface area (TPSA) is 135 Å². The molecule has 2 fully saturated rings. The SMILES string of the molecule is Cc1ccc(S(=O)(=O)N(C2CCCCC2)C2CC(=O)N(c3ccc(S(N)(=O)=O)cc3)C2=O)cc1. The minimum atomic E-state index is -4.05. The number of amides is 2. The van der Waals surface area contributed by atoms with Crippen LogP contribution in [0.25, 0.3) is 0 Å². The monoisotopic (exact) mass is 505 g/mol. The Hall–Kier alpha value is -2.60. The standard InChI is InChI=1S/C23H27N3O6S2/c1-16-7-11-20(12-8-16)34(31,32)26(18-5-3-2-4-6-18)21-15-22(27)25(23(21)28)17-9-13-19(14-10-17)33(24,29)30/h7-14,18,21H,2-6,15H2,1H3,(H2,24,29,30). The molecule has 0 aromatic heterocycles. The first-order valence-corrected chi connectivity index (χ1v) is 14.1. The summed E-state index contributed by atoms with van der Waals surface area (Å²) in [5, 5.41) is 5.12. The second kappa shape index (κ2) is 9.21. The largest absolute Gasteiger partial charge is 0.274 e. The van der Waals surface area contributed by atoms with Crippen molar-refractivity contribution in [2.24, 2.45) is 5.14 Å². The third-order valence-electron chi connectivity index (χ3n) is 6.38. The van der Waals surface area contributed by atoms with Crippen LogP contribution < -0.4 is 10.0 Å². The summed E-state index contributed by atoms with van der Waals surface area (Å²) >= 11 is 0. The number of rotatable bonds is 6. The zero-order chi connectivity index (χ0) is 24.7. The number of nitrogens with zero attached hydrogens (tertiary/aromatic N) is 2. The van der Waals surface area contributed by atoms with Crippen LogP contribution in [0.4, 0.5) is 5.69 Å². The lowest BCUT2D eigenvalue weighted by molar-refractivity contribution is -0.122. The maximum atomic E-state index is 13.7. The number of primary sulfonamides is 1. The van der Waals surface area contributed by atoms with Gasteiger partial charge in [-0.25, -0.2) is 26.9 Å². The summed E-state index contributed by atoms with van der Waals surface area (Å²) in [7, 11) is -7.99. The lowest BCUT2D eigenvalue weighted by atomic mass is 9.94. The predicted molar refractivity (Wildman–Crippen MR) is 126 cm³/mol. The van der Waals surface area contributed by atoms with Crippen LogP contribution in [0.1, 0.15) is 44.1 Å². The fourth-order valence-electron chi connectivity index (χ4n) is 4.66. The third kappa shape index (κ3) is 4.65. The van der Waals surface area contributed by atoms with Gasteiger partial charge >= 0.3 is 0 Å². The van der Waals surface area contributed by atoms with Gasteiger partial charge < -0.3 is 0 Å². The molecular formula is C23H27N3O6S2. The van der Waals surface area contributed by atoms with Crippen LogP contribution in [-0.4, -0.2) is 45.0 Å². The maximum absolute atomic E-state index is 13.7. The number of imide groups is 1. The third-order valence-corrected chi connectivity index (χ3v) is 9.29. The zero-order valence-electron chi connectivity index (χ0n) is 18.8. The fraction of sp³-hybridized carbons (Fsp3) is 0.391. The summed E-state index contributed by atoms with van der Waals surface area (Å²) in [6.45, 7) is 1.85. The molecule has 1 aliphatic carbocycles. The molecule has 0 bridgehead atoms. The molecule has 2 aromatic rings. The molecule has 2 N–H and O–H groups in total. The number of nitrogens with two attached hydrogens (primary N) is 1. The van der Waals surface area contributed by atoms with Crippen molar-refractivity contribution < 1.29 is 26.4 Å². The normalized spacial score (nSPS) is 20.3. The zero-order valence-corrected chi connectivity index (χ0v) is 20.4. The molecule has 1 heterocycles. The highest BCUT2D eigenvalue weighted by atomic mass is 32.2. The average Bonchev–Trinajstić information content (AvgIpc) is 3.07. The number of benzene rings is 2. The molecule has 1 unspecified atom stereocenters. The van der Waals surface area contributed by atoms with E-state index in [0.717, 1.165) is 29.7 Å². The molecule has 11 heteroatoms. The molecule has 4 rings (SSSR count). The average molecular weight is 506 g/mol. The van der Waals surface area contributed by atoms with Crippen molar-refractivity contribution >= 4 is 37.5 Å². The molecule has 1 atom stereocenters. The molecule has 2 aliphatic rings. The lowest BCUT2D eigenvalue weighted by Gasteiger charge is -2.36. The number of hydrogen-bond donors (Lipinski definition) is 1. The van der Waals surface area contributed by atoms with Gasteiger partial charge in [0, 0.05) is 6.04 Å². The van der Waals surface area contributed by atoms with E-state index in [1.807, 2.05) is 6.92 Å². The van der Waals surface area contributed by atoms with E-state index in [0.29, 0.717) is 12.8 Å². The van der Waals surface area contributed by atoms with Gasteiger partial charge in [0.2, 0.25) is 26.0 Å². The van der Waals surface area contributed by atoms with Gasteiger partial charge in [-0.3, -0.25) is 9.59 Å². The van der Waals surface area contributed by atoms with Gasteiger partial charge in [-0.15, -0.1) is 0 Å². The Morgan fingerprint density at radius 3 is 1.97 bits per heavy atom. The molecule has 1 saturated heterocycles. The van der Waals surface area contributed by atoms with E-state index in [4.69, 9.17) is 5.14 Å². The van der Waals surface area contributed by atoms with Crippen molar-refractivity contribution in [3.05, 3.63) is 54.1 Å². The summed E-state index contributed by atoms with van der Waals surface area (Å²) < 4.78 is 51.8. The van der Waals surface area contributed by atoms with E-state index < -0.39 is 37.9 Å². The quantitative estimate of drug-likeness (QED) is 0.599. The summed E-state index contributed by atoms with van der Waals surface area (Å²) in [5.74, 6) is -1.19. The lowest BCUT2D eigenvalue weighted by Crippen LogP contribution is -2.51. The van der Waals surface area contributed by atoms with Gasteiger partial charge in [0.1, 0.15) is 6.04 Å². The van der Waals surface area contributed by atoms with Gasteiger partial charge in [0.15, 0.2) is 0 Å². The molecule has 0 radical (unpaired) electrons. The smallest absolute Gasteiger partial charge is 0.252 e. The van der Waals surface area contributed by atoms with Crippen molar-refractivity contribution in [1.82, 2.24) is 4.31 Å². The van der Waals surface area contributed by atoms with Gasteiger partial charge in [-0.1, -0.05) is 37.0 Å². The molecule has 182 valence electrons. The highest BCUT2D eigenvalue weighted by Gasteiger charge is 2.49. The second-order valence-corrected chi connectivity index (χ2v) is 12.2. The number of carbonyl (C=O) groups is 2. The molecule has 34 heavy (non-hydrogen) atoms. The minimum absolute atomic E-state index is 0.0832. The van der Waals surface area contributed by atoms with Gasteiger partial charge in [-0.05, 0) is 56.2 Å². The number of carbonyl (C=O) groups excluding carboxylic acids is 2. The minimum Gasteiger partial charge on any atom is -0.274 e. The van der Waals surface area contributed by atoms with Crippen LogP contribution in [0.2, 0.25) is 0 Å². The number of aryl methyl sites for hydroxylation is 1. The van der Waals surface area contributed by atoms with E-state index in [1.54, 1.807) is 12.1 Å². The van der Waals surface area contributed by atoms with E-state index in [9.17, 15) is 26.4 Å². The molecule has 1 aliphatic heterocycles. The van der Waals surface area contributed by atoms with Crippen molar-refractivity contribution in [2.75, 3.05) is 4.90 Å². The van der Waals surface area contributed by atoms with Crippen molar-refractivity contribution in [3.63, 3.8) is 0 Å². The highest BCUT2D eigenvalue weighted by Crippen LogP contribution is 2.35. The van der Waals surface area contributed by atoms with Gasteiger partial charge in [-0.2, -0.15) is 4.31 Å². The Balaban J connectivity index is 1.71. The second-order valence-electron chi connectivity index (χ2n) is 8.77. The first-order valence-electron chi connectivity index (χ1n) is 11.1. The Morgan fingerprint density at radius 2 is 1.41 bits per heavy atom. The Kier molecular flexibility index (Phi) is 6.65. The predicted octanol–water partition coefficient (Wildman–Crippen LogP) is 2.30. The maximum Gasteiger partial charge on any atom is 0.252 e. The van der Waals surface area contributed by atoms with Gasteiger partial charge in [0.25, 0.3) is 5.91 Å². The summed E-state index contributed by atoms with van der Waals surface area (Å²) in [5.41, 5.74) is 1.07. The van der Waals surface area contributed by atoms with E-state index in [2.05, 4.69) is 0 Å². The summed E-state index contributed by atoms with van der Waals surface area (Å²) in [4.78, 5) is 27.2. The molecule has 9 nitrogen and oxygen atoms in total. The molecule has 0 spiro atoms. The Labute approximate surface area is 199 Å². The molecule has 1 saturated carbocycles. The molecule has 2 aromatic carbocycles. The Bertz CT molecular complexity index is 1300. The number of anilines is 1. The number of sulfonamides is 2. The van der Waals surface area contributed by atoms with Crippen LogP contribution in [0.5, 0.6) is 0 Å². The van der Waals surface area contributed by atoms with E-state index in [-0.39, 0.29) is 27.9 Å². The Morgan fingerprint density at radius 1 is 0.853 bits per heavy atom. The first-order chi connectivity index (χ1) is 16.0. The highest BCUT2D eigenvalue weighted by molar-refractivity contribution is 7.89. The van der Waals surface area contributed by atoms with Crippen LogP contribution >= 0.6 is 0 Å². The van der Waals surface area contributed by atoms with E-state index >= 15 is 0 Å². The van der Waals surface area contributed by atoms with Crippen molar-refractivity contribution in [2.45, 2.75) is 67.3 Å². The number of hydrogen-bond acceptors (Lipinski definition) is 6. The first kappa shape index (κ1) is 24.5. The molecule has 2 amide bonds. The molecular weight excluding hydrogens is 478 g/mol. The van der Waals surface area contributed by atoms with E-state index in [1.165, 1.54) is 40.7 Å². The van der Waals surface area contributed by atoms with Crippen LogP contribution in [0.15, 0.2) is 58.3 Å².